The van der Waals surface area contributed by atoms with Gasteiger partial charge in [-0.2, -0.15) is 0 Å². The van der Waals surface area contributed by atoms with Crippen LogP contribution in [0, 0.1) is 5.41 Å². The fraction of sp³-hybridized carbons (Fsp3) is 0.923. The molecular weight excluding hydrogens is 220 g/mol. The van der Waals surface area contributed by atoms with Crippen molar-refractivity contribution in [3.05, 3.63) is 0 Å². The summed E-state index contributed by atoms with van der Waals surface area (Å²) in [5.74, 6) is -0.194. The Labute approximate surface area is 103 Å². The topological polar surface area (TPSA) is 44.8 Å². The van der Waals surface area contributed by atoms with E-state index in [0.29, 0.717) is 13.0 Å². The molecule has 1 saturated heterocycles. The van der Waals surface area contributed by atoms with Crippen LogP contribution in [0.2, 0.25) is 0 Å². The first-order valence-corrected chi connectivity index (χ1v) is 6.49. The number of hydrogen-bond acceptors (Lipinski definition) is 4. The molecule has 2 atom stereocenters. The van der Waals surface area contributed by atoms with Gasteiger partial charge in [0.2, 0.25) is 6.29 Å². The van der Waals surface area contributed by atoms with Gasteiger partial charge in [0.1, 0.15) is 0 Å². The molecule has 1 heterocycles. The van der Waals surface area contributed by atoms with E-state index in [9.17, 15) is 4.79 Å². The molecule has 0 spiro atoms. The minimum absolute atomic E-state index is 0.194. The van der Waals surface area contributed by atoms with E-state index in [2.05, 4.69) is 0 Å². The summed E-state index contributed by atoms with van der Waals surface area (Å²) in [5, 5.41) is 0. The fourth-order valence-electron chi connectivity index (χ4n) is 2.68. The van der Waals surface area contributed by atoms with E-state index in [4.69, 9.17) is 14.2 Å². The molecule has 0 radical (unpaired) electrons. The van der Waals surface area contributed by atoms with Crippen molar-refractivity contribution in [3.63, 3.8) is 0 Å². The highest BCUT2D eigenvalue weighted by Gasteiger charge is 2.46. The number of esters is 1. The first-order valence-electron chi connectivity index (χ1n) is 6.49. The van der Waals surface area contributed by atoms with Gasteiger partial charge < -0.3 is 14.2 Å². The SMILES string of the molecule is COCC1(C)CC(OC2CCCCC2)OC1=O. The van der Waals surface area contributed by atoms with Crippen molar-refractivity contribution in [2.24, 2.45) is 5.41 Å². The molecule has 4 heteroatoms. The Kier molecular flexibility index (Phi) is 4.05. The van der Waals surface area contributed by atoms with Crippen LogP contribution in [-0.4, -0.2) is 32.1 Å². The van der Waals surface area contributed by atoms with E-state index in [-0.39, 0.29) is 18.4 Å². The molecule has 0 N–H and O–H groups in total. The standard InChI is InChI=1S/C13H22O4/c1-13(9-15-2)8-11(17-12(13)14)16-10-6-4-3-5-7-10/h10-11H,3-9H2,1-2H3. The van der Waals surface area contributed by atoms with Crippen molar-refractivity contribution in [3.8, 4) is 0 Å². The van der Waals surface area contributed by atoms with Gasteiger partial charge in [-0.15, -0.1) is 0 Å². The molecule has 0 aromatic carbocycles. The van der Waals surface area contributed by atoms with Crippen molar-refractivity contribution in [2.45, 2.75) is 57.8 Å². The van der Waals surface area contributed by atoms with E-state index in [1.165, 1.54) is 19.3 Å². The maximum Gasteiger partial charge on any atom is 0.316 e. The monoisotopic (exact) mass is 242 g/mol. The molecule has 2 unspecified atom stereocenters. The van der Waals surface area contributed by atoms with Crippen LogP contribution in [0.4, 0.5) is 0 Å². The molecule has 98 valence electrons. The molecule has 0 amide bonds. The van der Waals surface area contributed by atoms with Gasteiger partial charge in [0.05, 0.1) is 18.1 Å². The van der Waals surface area contributed by atoms with Crippen LogP contribution in [0.3, 0.4) is 0 Å². The molecule has 1 aliphatic carbocycles. The highest BCUT2D eigenvalue weighted by molar-refractivity contribution is 5.78. The highest BCUT2D eigenvalue weighted by atomic mass is 16.7. The highest BCUT2D eigenvalue weighted by Crippen LogP contribution is 2.36. The second-order valence-corrected chi connectivity index (χ2v) is 5.43. The number of methoxy groups -OCH3 is 1. The third-order valence-electron chi connectivity index (χ3n) is 3.71. The van der Waals surface area contributed by atoms with Crippen molar-refractivity contribution in [2.75, 3.05) is 13.7 Å². The predicted octanol–water partition coefficient (Wildman–Crippen LogP) is 2.26. The molecule has 0 bridgehead atoms. The van der Waals surface area contributed by atoms with Gasteiger partial charge in [-0.05, 0) is 19.8 Å². The van der Waals surface area contributed by atoms with Crippen LogP contribution in [-0.2, 0) is 19.0 Å². The van der Waals surface area contributed by atoms with Crippen molar-refractivity contribution < 1.29 is 19.0 Å². The summed E-state index contributed by atoms with van der Waals surface area (Å²) in [7, 11) is 1.61. The van der Waals surface area contributed by atoms with Gasteiger partial charge in [-0.3, -0.25) is 4.79 Å². The zero-order chi connectivity index (χ0) is 12.3. The molecular formula is C13H22O4. The molecule has 1 saturated carbocycles. The van der Waals surface area contributed by atoms with Gasteiger partial charge in [0, 0.05) is 13.5 Å². The van der Waals surface area contributed by atoms with Crippen LogP contribution < -0.4 is 0 Å². The summed E-state index contributed by atoms with van der Waals surface area (Å²) in [6.45, 7) is 2.28. The molecule has 2 aliphatic rings. The summed E-state index contributed by atoms with van der Waals surface area (Å²) in [6.07, 6.45) is 6.44. The number of hydrogen-bond donors (Lipinski definition) is 0. The van der Waals surface area contributed by atoms with E-state index in [0.717, 1.165) is 12.8 Å². The Bertz CT molecular complexity index is 273. The third kappa shape index (κ3) is 2.99. The molecule has 0 aromatic rings. The maximum absolute atomic E-state index is 11.8. The summed E-state index contributed by atoms with van der Waals surface area (Å²) < 4.78 is 16.2. The van der Waals surface area contributed by atoms with Crippen LogP contribution in [0.25, 0.3) is 0 Å². The lowest BCUT2D eigenvalue weighted by Crippen LogP contribution is -2.28. The Morgan fingerprint density at radius 3 is 2.71 bits per heavy atom. The van der Waals surface area contributed by atoms with Gasteiger partial charge in [-0.25, -0.2) is 0 Å². The Balaban J connectivity index is 1.85. The lowest BCUT2D eigenvalue weighted by Gasteiger charge is -2.24. The van der Waals surface area contributed by atoms with E-state index < -0.39 is 5.41 Å². The van der Waals surface area contributed by atoms with Crippen LogP contribution >= 0.6 is 0 Å². The van der Waals surface area contributed by atoms with Gasteiger partial charge in [0.25, 0.3) is 0 Å². The average Bonchev–Trinajstić information content (AvgIpc) is 2.56. The smallest absolute Gasteiger partial charge is 0.316 e. The Morgan fingerprint density at radius 1 is 1.35 bits per heavy atom. The summed E-state index contributed by atoms with van der Waals surface area (Å²) >= 11 is 0. The number of cyclic esters (lactones) is 1. The van der Waals surface area contributed by atoms with Gasteiger partial charge in [0.15, 0.2) is 0 Å². The summed E-state index contributed by atoms with van der Waals surface area (Å²) in [5.41, 5.74) is -0.534. The maximum atomic E-state index is 11.8. The zero-order valence-corrected chi connectivity index (χ0v) is 10.7. The zero-order valence-electron chi connectivity index (χ0n) is 10.7. The number of carbonyl (C=O) groups excluding carboxylic acids is 1. The van der Waals surface area contributed by atoms with Crippen molar-refractivity contribution >= 4 is 5.97 Å². The molecule has 2 rings (SSSR count). The van der Waals surface area contributed by atoms with E-state index in [1.54, 1.807) is 7.11 Å². The summed E-state index contributed by atoms with van der Waals surface area (Å²) in [4.78, 5) is 11.8. The minimum atomic E-state index is -0.534. The van der Waals surface area contributed by atoms with Crippen LogP contribution in [0.1, 0.15) is 45.4 Å². The molecule has 2 fully saturated rings. The second-order valence-electron chi connectivity index (χ2n) is 5.43. The minimum Gasteiger partial charge on any atom is -0.435 e. The number of carbonyl (C=O) groups is 1. The van der Waals surface area contributed by atoms with Gasteiger partial charge >= 0.3 is 5.97 Å². The largest absolute Gasteiger partial charge is 0.435 e. The van der Waals surface area contributed by atoms with Gasteiger partial charge in [-0.1, -0.05) is 19.3 Å². The molecule has 17 heavy (non-hydrogen) atoms. The number of ether oxygens (including phenoxy) is 3. The van der Waals surface area contributed by atoms with Crippen molar-refractivity contribution in [1.29, 1.82) is 0 Å². The molecule has 0 aromatic heterocycles. The lowest BCUT2D eigenvalue weighted by molar-refractivity contribution is -0.176. The predicted molar refractivity (Wildman–Crippen MR) is 62.4 cm³/mol. The lowest BCUT2D eigenvalue weighted by atomic mass is 9.90. The normalized spacial score (nSPS) is 34.9. The quantitative estimate of drug-likeness (QED) is 0.709. The van der Waals surface area contributed by atoms with E-state index in [1.807, 2.05) is 6.92 Å². The molecule has 4 nitrogen and oxygen atoms in total. The first kappa shape index (κ1) is 12.8. The van der Waals surface area contributed by atoms with Crippen LogP contribution in [0.5, 0.6) is 0 Å². The Morgan fingerprint density at radius 2 is 2.06 bits per heavy atom. The number of rotatable bonds is 4. The van der Waals surface area contributed by atoms with Crippen molar-refractivity contribution in [1.82, 2.24) is 0 Å². The fourth-order valence-corrected chi connectivity index (χ4v) is 2.68. The summed E-state index contributed by atoms with van der Waals surface area (Å²) in [6, 6.07) is 0. The molecule has 1 aliphatic heterocycles. The van der Waals surface area contributed by atoms with Crippen LogP contribution in [0.15, 0.2) is 0 Å². The first-order chi connectivity index (χ1) is 8.14. The van der Waals surface area contributed by atoms with E-state index >= 15 is 0 Å². The Hall–Kier alpha value is -0.610. The third-order valence-corrected chi connectivity index (χ3v) is 3.71. The average molecular weight is 242 g/mol. The second kappa shape index (κ2) is 5.36.